The number of nitrogens with zero attached hydrogens (tertiary/aromatic N) is 1. The molecule has 4 rings (SSSR count). The van der Waals surface area contributed by atoms with Crippen LogP contribution >= 0.6 is 0 Å². The van der Waals surface area contributed by atoms with Gasteiger partial charge in [-0.3, -0.25) is 4.79 Å². The summed E-state index contributed by atoms with van der Waals surface area (Å²) in [4.78, 5) is 20.7. The maximum atomic E-state index is 13.0. The van der Waals surface area contributed by atoms with E-state index in [2.05, 4.69) is 36.3 Å². The van der Waals surface area contributed by atoms with Crippen molar-refractivity contribution in [3.63, 3.8) is 0 Å². The number of aromatic amines is 1. The maximum absolute atomic E-state index is 13.0. The number of carbonyl (C=O) groups excluding carboxylic acids is 1. The van der Waals surface area contributed by atoms with E-state index in [9.17, 15) is 4.79 Å². The van der Waals surface area contributed by atoms with Crippen LogP contribution in [0.15, 0.2) is 73.1 Å². The van der Waals surface area contributed by atoms with Crippen molar-refractivity contribution in [1.29, 1.82) is 0 Å². The maximum Gasteiger partial charge on any atom is 0.256 e. The Bertz CT molecular complexity index is 1140. The van der Waals surface area contributed by atoms with Gasteiger partial charge >= 0.3 is 0 Å². The first-order chi connectivity index (χ1) is 13.1. The van der Waals surface area contributed by atoms with Gasteiger partial charge in [0, 0.05) is 17.0 Å². The molecule has 0 radical (unpaired) electrons. The Morgan fingerprint density at radius 1 is 0.963 bits per heavy atom. The van der Waals surface area contributed by atoms with Gasteiger partial charge in [0.2, 0.25) is 0 Å². The largest absolute Gasteiger partial charge is 0.317 e. The Morgan fingerprint density at radius 3 is 2.59 bits per heavy atom. The number of amides is 1. The van der Waals surface area contributed by atoms with Crippen molar-refractivity contribution in [3.8, 4) is 11.3 Å². The highest BCUT2D eigenvalue weighted by molar-refractivity contribution is 6.13. The van der Waals surface area contributed by atoms with Crippen LogP contribution in [0.1, 0.15) is 21.5 Å². The molecular formula is C23H20N3O+. The van der Waals surface area contributed by atoms with Crippen molar-refractivity contribution in [3.05, 3.63) is 89.7 Å². The van der Waals surface area contributed by atoms with Crippen LogP contribution in [0.4, 0.5) is 5.69 Å². The zero-order valence-electron chi connectivity index (χ0n) is 15.3. The van der Waals surface area contributed by atoms with Crippen LogP contribution in [0.25, 0.3) is 22.2 Å². The molecule has 4 nitrogen and oxygen atoms in total. The van der Waals surface area contributed by atoms with Gasteiger partial charge < -0.3 is 5.32 Å². The van der Waals surface area contributed by atoms with E-state index in [1.807, 2.05) is 48.5 Å². The van der Waals surface area contributed by atoms with Crippen molar-refractivity contribution in [2.24, 2.45) is 0 Å². The molecule has 4 heteroatoms. The summed E-state index contributed by atoms with van der Waals surface area (Å²) in [5.74, 6) is -0.154. The average molecular weight is 354 g/mol. The fourth-order valence-corrected chi connectivity index (χ4v) is 3.08. The fourth-order valence-electron chi connectivity index (χ4n) is 3.08. The summed E-state index contributed by atoms with van der Waals surface area (Å²) in [6.07, 6.45) is 3.56. The normalized spacial score (nSPS) is 10.7. The van der Waals surface area contributed by atoms with Crippen LogP contribution < -0.4 is 10.3 Å². The monoisotopic (exact) mass is 354 g/mol. The summed E-state index contributed by atoms with van der Waals surface area (Å²) in [7, 11) is 0. The SMILES string of the molecule is Cc1ccc(-c2cc(C(=O)Nc3ccc[nH+]c3)c3ccccc3n2)cc1C. The van der Waals surface area contributed by atoms with Crippen LogP contribution in [-0.4, -0.2) is 10.9 Å². The Balaban J connectivity index is 1.83. The predicted octanol–water partition coefficient (Wildman–Crippen LogP) is 4.59. The first-order valence-electron chi connectivity index (χ1n) is 8.87. The highest BCUT2D eigenvalue weighted by atomic mass is 16.1. The Hall–Kier alpha value is -3.53. The minimum Gasteiger partial charge on any atom is -0.317 e. The number of fused-ring (bicyclic) bond motifs is 1. The Morgan fingerprint density at radius 2 is 1.81 bits per heavy atom. The van der Waals surface area contributed by atoms with Gasteiger partial charge in [-0.25, -0.2) is 9.97 Å². The Labute approximate surface area is 157 Å². The van der Waals surface area contributed by atoms with Gasteiger partial charge in [-0.1, -0.05) is 30.3 Å². The molecule has 2 N–H and O–H groups in total. The van der Waals surface area contributed by atoms with E-state index in [4.69, 9.17) is 4.98 Å². The molecule has 0 spiro atoms. The third-order valence-corrected chi connectivity index (χ3v) is 4.73. The standard InChI is InChI=1S/C23H19N3O/c1-15-9-10-17(12-16(15)2)22-13-20(19-7-3-4-8-21(19)26-22)23(27)25-18-6-5-11-24-14-18/h3-14H,1-2H3,(H,25,27)/p+1. The smallest absolute Gasteiger partial charge is 0.256 e. The predicted molar refractivity (Wildman–Crippen MR) is 108 cm³/mol. The van der Waals surface area contributed by atoms with Crippen LogP contribution in [-0.2, 0) is 0 Å². The summed E-state index contributed by atoms with van der Waals surface area (Å²) in [6, 6.07) is 19.5. The van der Waals surface area contributed by atoms with E-state index in [0.29, 0.717) is 5.56 Å². The number of anilines is 1. The number of carbonyl (C=O) groups is 1. The van der Waals surface area contributed by atoms with E-state index in [0.717, 1.165) is 27.8 Å². The number of aromatic nitrogens is 2. The molecule has 0 fully saturated rings. The molecule has 0 bridgehead atoms. The highest BCUT2D eigenvalue weighted by Crippen LogP contribution is 2.26. The van der Waals surface area contributed by atoms with Crippen LogP contribution in [0.2, 0.25) is 0 Å². The lowest BCUT2D eigenvalue weighted by Gasteiger charge is -2.11. The van der Waals surface area contributed by atoms with Crippen molar-refractivity contribution < 1.29 is 9.78 Å². The molecular weight excluding hydrogens is 334 g/mol. The molecule has 0 aliphatic heterocycles. The van der Waals surface area contributed by atoms with Crippen LogP contribution in [0.5, 0.6) is 0 Å². The van der Waals surface area contributed by atoms with E-state index < -0.39 is 0 Å². The van der Waals surface area contributed by atoms with Gasteiger partial charge in [0.05, 0.1) is 16.8 Å². The molecule has 4 aromatic rings. The highest BCUT2D eigenvalue weighted by Gasteiger charge is 2.15. The number of rotatable bonds is 3. The summed E-state index contributed by atoms with van der Waals surface area (Å²) >= 11 is 0. The quantitative estimate of drug-likeness (QED) is 0.585. The number of para-hydroxylation sites is 1. The second-order valence-electron chi connectivity index (χ2n) is 6.62. The Kier molecular flexibility index (Phi) is 4.38. The molecule has 132 valence electrons. The van der Waals surface area contributed by atoms with Crippen LogP contribution in [0.3, 0.4) is 0 Å². The average Bonchev–Trinajstić information content (AvgIpc) is 2.70. The van der Waals surface area contributed by atoms with Crippen molar-refractivity contribution in [2.75, 3.05) is 5.32 Å². The molecule has 0 aliphatic carbocycles. The number of hydrogen-bond acceptors (Lipinski definition) is 2. The summed E-state index contributed by atoms with van der Waals surface area (Å²) in [5, 5.41) is 3.79. The first-order valence-corrected chi connectivity index (χ1v) is 8.87. The molecule has 1 amide bonds. The van der Waals surface area contributed by atoms with Gasteiger partial charge in [0.1, 0.15) is 5.69 Å². The molecule has 27 heavy (non-hydrogen) atoms. The number of hydrogen-bond donors (Lipinski definition) is 1. The van der Waals surface area contributed by atoms with Crippen molar-refractivity contribution in [1.82, 2.24) is 4.98 Å². The van der Waals surface area contributed by atoms with Crippen molar-refractivity contribution >= 4 is 22.5 Å². The second kappa shape index (κ2) is 7.00. The molecule has 0 saturated carbocycles. The summed E-state index contributed by atoms with van der Waals surface area (Å²) in [5.41, 5.74) is 6.37. The van der Waals surface area contributed by atoms with E-state index in [-0.39, 0.29) is 5.91 Å². The molecule has 2 aromatic heterocycles. The molecule has 2 aromatic carbocycles. The van der Waals surface area contributed by atoms with Gasteiger partial charge in [-0.15, -0.1) is 0 Å². The molecule has 0 saturated heterocycles. The number of nitrogens with one attached hydrogen (secondary N) is 2. The lowest BCUT2D eigenvalue weighted by atomic mass is 10.0. The number of benzene rings is 2. The molecule has 0 atom stereocenters. The third-order valence-electron chi connectivity index (χ3n) is 4.73. The van der Waals surface area contributed by atoms with Crippen molar-refractivity contribution in [2.45, 2.75) is 13.8 Å². The molecule has 0 unspecified atom stereocenters. The minimum absolute atomic E-state index is 0.154. The van der Waals surface area contributed by atoms with Crippen LogP contribution in [0, 0.1) is 13.8 Å². The zero-order valence-corrected chi connectivity index (χ0v) is 15.3. The molecule has 0 aliphatic rings. The number of H-pyrrole nitrogens is 1. The lowest BCUT2D eigenvalue weighted by molar-refractivity contribution is -0.377. The van der Waals surface area contributed by atoms with E-state index >= 15 is 0 Å². The second-order valence-corrected chi connectivity index (χ2v) is 6.62. The number of pyridine rings is 2. The third kappa shape index (κ3) is 3.42. The van der Waals surface area contributed by atoms with Gasteiger partial charge in [-0.2, -0.15) is 0 Å². The minimum atomic E-state index is -0.154. The summed E-state index contributed by atoms with van der Waals surface area (Å²) < 4.78 is 0. The zero-order chi connectivity index (χ0) is 18.8. The topological polar surface area (TPSA) is 56.1 Å². The van der Waals surface area contributed by atoms with Gasteiger partial charge in [0.25, 0.3) is 5.91 Å². The van der Waals surface area contributed by atoms with Gasteiger partial charge in [0.15, 0.2) is 12.4 Å². The first kappa shape index (κ1) is 16.9. The fraction of sp³-hybridized carbons (Fsp3) is 0.0870. The van der Waals surface area contributed by atoms with Gasteiger partial charge in [-0.05, 0) is 49.2 Å². The lowest BCUT2D eigenvalue weighted by Crippen LogP contribution is -2.14. The molecule has 2 heterocycles. The van der Waals surface area contributed by atoms with E-state index in [1.165, 1.54) is 11.1 Å². The number of aryl methyl sites for hydroxylation is 2. The van der Waals surface area contributed by atoms with E-state index in [1.54, 1.807) is 12.4 Å². The summed E-state index contributed by atoms with van der Waals surface area (Å²) in [6.45, 7) is 4.17.